The minimum atomic E-state index is -3.80. The van der Waals surface area contributed by atoms with Crippen LogP contribution >= 0.6 is 0 Å². The van der Waals surface area contributed by atoms with Gasteiger partial charge < -0.3 is 14.4 Å². The molecule has 7 nitrogen and oxygen atoms in total. The third kappa shape index (κ3) is 4.06. The molecule has 2 aromatic carbocycles. The SMILES string of the molecule is COc1ccc(S(=O)(=O)Nc2ccc(N3CCCCC3=O)c(C)c2)cc1OC. The van der Waals surface area contributed by atoms with E-state index >= 15 is 0 Å². The maximum absolute atomic E-state index is 12.7. The van der Waals surface area contributed by atoms with Gasteiger partial charge in [-0.15, -0.1) is 0 Å². The van der Waals surface area contributed by atoms with Crippen molar-refractivity contribution in [2.75, 3.05) is 30.4 Å². The molecule has 2 aromatic rings. The van der Waals surface area contributed by atoms with Gasteiger partial charge in [0.1, 0.15) is 0 Å². The molecule has 28 heavy (non-hydrogen) atoms. The molecular formula is C20H24N2O5S. The van der Waals surface area contributed by atoms with Crippen LogP contribution in [0.3, 0.4) is 0 Å². The number of carbonyl (C=O) groups excluding carboxylic acids is 1. The maximum Gasteiger partial charge on any atom is 0.262 e. The van der Waals surface area contributed by atoms with Gasteiger partial charge in [-0.2, -0.15) is 0 Å². The van der Waals surface area contributed by atoms with Crippen molar-refractivity contribution in [1.82, 2.24) is 0 Å². The molecule has 1 saturated heterocycles. The van der Waals surface area contributed by atoms with Crippen LogP contribution < -0.4 is 19.1 Å². The van der Waals surface area contributed by atoms with Gasteiger partial charge in [0.05, 0.1) is 19.1 Å². The molecule has 1 heterocycles. The van der Waals surface area contributed by atoms with E-state index in [9.17, 15) is 13.2 Å². The Bertz CT molecular complexity index is 988. The fraction of sp³-hybridized carbons (Fsp3) is 0.350. The van der Waals surface area contributed by atoms with E-state index in [-0.39, 0.29) is 10.8 Å². The molecule has 1 aliphatic rings. The van der Waals surface area contributed by atoms with Crippen LogP contribution in [0.25, 0.3) is 0 Å². The fourth-order valence-corrected chi connectivity index (χ4v) is 4.34. The van der Waals surface area contributed by atoms with Crippen molar-refractivity contribution in [1.29, 1.82) is 0 Å². The topological polar surface area (TPSA) is 84.9 Å². The first-order chi connectivity index (χ1) is 13.4. The molecule has 150 valence electrons. The number of amides is 1. The largest absolute Gasteiger partial charge is 0.493 e. The smallest absolute Gasteiger partial charge is 0.262 e. The van der Waals surface area contributed by atoms with Gasteiger partial charge in [0, 0.05) is 30.4 Å². The number of ether oxygens (including phenoxy) is 2. The zero-order valence-electron chi connectivity index (χ0n) is 16.2. The lowest BCUT2D eigenvalue weighted by Crippen LogP contribution is -2.35. The summed E-state index contributed by atoms with van der Waals surface area (Å²) in [5.74, 6) is 0.890. The van der Waals surface area contributed by atoms with Crippen molar-refractivity contribution in [3.63, 3.8) is 0 Å². The Morgan fingerprint density at radius 2 is 1.75 bits per heavy atom. The summed E-state index contributed by atoms with van der Waals surface area (Å²) in [7, 11) is -0.864. The van der Waals surface area contributed by atoms with E-state index in [0.717, 1.165) is 24.1 Å². The third-order valence-electron chi connectivity index (χ3n) is 4.73. The second-order valence-electron chi connectivity index (χ2n) is 6.63. The molecule has 3 rings (SSSR count). The molecule has 1 amide bonds. The quantitative estimate of drug-likeness (QED) is 0.798. The molecule has 0 radical (unpaired) electrons. The van der Waals surface area contributed by atoms with Gasteiger partial charge in [0.2, 0.25) is 5.91 Å². The average Bonchev–Trinajstić information content (AvgIpc) is 2.68. The molecule has 0 aromatic heterocycles. The van der Waals surface area contributed by atoms with Crippen molar-refractivity contribution >= 4 is 27.3 Å². The first-order valence-electron chi connectivity index (χ1n) is 9.01. The molecule has 0 aliphatic carbocycles. The van der Waals surface area contributed by atoms with Crippen molar-refractivity contribution in [3.8, 4) is 11.5 Å². The highest BCUT2D eigenvalue weighted by Gasteiger charge is 2.22. The summed E-state index contributed by atoms with van der Waals surface area (Å²) in [5.41, 5.74) is 2.09. The van der Waals surface area contributed by atoms with Crippen LogP contribution in [0.5, 0.6) is 11.5 Å². The average molecular weight is 404 g/mol. The number of benzene rings is 2. The predicted octanol–water partition coefficient (Wildman–Crippen LogP) is 3.33. The van der Waals surface area contributed by atoms with Crippen LogP contribution in [-0.2, 0) is 14.8 Å². The molecule has 1 N–H and O–H groups in total. The number of hydrogen-bond acceptors (Lipinski definition) is 5. The van der Waals surface area contributed by atoms with Crippen LogP contribution in [0.4, 0.5) is 11.4 Å². The number of hydrogen-bond donors (Lipinski definition) is 1. The lowest BCUT2D eigenvalue weighted by Gasteiger charge is -2.28. The number of rotatable bonds is 6. The molecule has 0 atom stereocenters. The summed E-state index contributed by atoms with van der Waals surface area (Å²) in [6, 6.07) is 9.60. The number of methoxy groups -OCH3 is 2. The van der Waals surface area contributed by atoms with Crippen molar-refractivity contribution in [2.45, 2.75) is 31.1 Å². The van der Waals surface area contributed by atoms with Crippen molar-refractivity contribution in [3.05, 3.63) is 42.0 Å². The van der Waals surface area contributed by atoms with E-state index in [2.05, 4.69) is 4.72 Å². The number of sulfonamides is 1. The van der Waals surface area contributed by atoms with Gasteiger partial charge in [0.15, 0.2) is 11.5 Å². The molecule has 0 saturated carbocycles. The van der Waals surface area contributed by atoms with Gasteiger partial charge in [-0.25, -0.2) is 8.42 Å². The summed E-state index contributed by atoms with van der Waals surface area (Å²) in [6.45, 7) is 2.56. The molecule has 0 unspecified atom stereocenters. The van der Waals surface area contributed by atoms with Crippen LogP contribution in [0.1, 0.15) is 24.8 Å². The minimum absolute atomic E-state index is 0.0677. The maximum atomic E-state index is 12.7. The van der Waals surface area contributed by atoms with Crippen LogP contribution in [-0.4, -0.2) is 35.1 Å². The zero-order valence-corrected chi connectivity index (χ0v) is 17.0. The van der Waals surface area contributed by atoms with E-state index in [1.807, 2.05) is 6.92 Å². The fourth-order valence-electron chi connectivity index (χ4n) is 3.28. The van der Waals surface area contributed by atoms with Crippen molar-refractivity contribution < 1.29 is 22.7 Å². The van der Waals surface area contributed by atoms with E-state index in [1.165, 1.54) is 26.4 Å². The number of carbonyl (C=O) groups is 1. The predicted molar refractivity (Wildman–Crippen MR) is 108 cm³/mol. The Labute approximate surface area is 165 Å². The summed E-state index contributed by atoms with van der Waals surface area (Å²) in [4.78, 5) is 14.0. The monoisotopic (exact) mass is 404 g/mol. The lowest BCUT2D eigenvalue weighted by atomic mass is 10.1. The zero-order chi connectivity index (χ0) is 20.3. The van der Waals surface area contributed by atoms with Gasteiger partial charge >= 0.3 is 0 Å². The van der Waals surface area contributed by atoms with Gasteiger partial charge in [-0.05, 0) is 55.7 Å². The summed E-state index contributed by atoms with van der Waals surface area (Å²) in [5, 5.41) is 0. The number of nitrogens with one attached hydrogen (secondary N) is 1. The Balaban J connectivity index is 1.85. The first-order valence-corrected chi connectivity index (χ1v) is 10.5. The molecule has 1 fully saturated rings. The highest BCUT2D eigenvalue weighted by Crippen LogP contribution is 2.31. The normalized spacial score (nSPS) is 14.7. The molecule has 0 bridgehead atoms. The molecule has 1 aliphatic heterocycles. The molecule has 0 spiro atoms. The van der Waals surface area contributed by atoms with Gasteiger partial charge in [-0.1, -0.05) is 0 Å². The van der Waals surface area contributed by atoms with E-state index in [4.69, 9.17) is 9.47 Å². The number of anilines is 2. The standard InChI is InChI=1S/C20H24N2O5S/c1-14-12-15(7-9-17(14)22-11-5-4-6-20(22)23)21-28(24,25)16-8-10-18(26-2)19(13-16)27-3/h7-10,12-13,21H,4-6,11H2,1-3H3. The summed E-state index contributed by atoms with van der Waals surface area (Å²) < 4.78 is 38.4. The van der Waals surface area contributed by atoms with Gasteiger partial charge in [0.25, 0.3) is 10.0 Å². The van der Waals surface area contributed by atoms with Crippen LogP contribution in [0.2, 0.25) is 0 Å². The Hall–Kier alpha value is -2.74. The van der Waals surface area contributed by atoms with Crippen molar-refractivity contribution in [2.24, 2.45) is 0 Å². The summed E-state index contributed by atoms with van der Waals surface area (Å²) >= 11 is 0. The second-order valence-corrected chi connectivity index (χ2v) is 8.31. The molecule has 8 heteroatoms. The van der Waals surface area contributed by atoms with Crippen LogP contribution in [0.15, 0.2) is 41.3 Å². The number of nitrogens with zero attached hydrogens (tertiary/aromatic N) is 1. The highest BCUT2D eigenvalue weighted by molar-refractivity contribution is 7.92. The van der Waals surface area contributed by atoms with E-state index in [0.29, 0.717) is 30.2 Å². The highest BCUT2D eigenvalue weighted by atomic mass is 32.2. The van der Waals surface area contributed by atoms with E-state index < -0.39 is 10.0 Å². The number of piperidine rings is 1. The minimum Gasteiger partial charge on any atom is -0.493 e. The Kier molecular flexibility index (Phi) is 5.79. The van der Waals surface area contributed by atoms with Crippen LogP contribution in [0, 0.1) is 6.92 Å². The van der Waals surface area contributed by atoms with E-state index in [1.54, 1.807) is 29.2 Å². The summed E-state index contributed by atoms with van der Waals surface area (Å²) in [6.07, 6.45) is 2.43. The number of aryl methyl sites for hydroxylation is 1. The Morgan fingerprint density at radius 1 is 1.00 bits per heavy atom. The second kappa shape index (κ2) is 8.10. The molecular weight excluding hydrogens is 380 g/mol. The Morgan fingerprint density at radius 3 is 2.39 bits per heavy atom. The van der Waals surface area contributed by atoms with Gasteiger partial charge in [-0.3, -0.25) is 9.52 Å². The third-order valence-corrected chi connectivity index (χ3v) is 6.11. The lowest BCUT2D eigenvalue weighted by molar-refractivity contribution is -0.119. The first kappa shape index (κ1) is 20.0.